The minimum absolute atomic E-state index is 0.350. The number of benzene rings is 1. The van der Waals surface area contributed by atoms with Crippen molar-refractivity contribution in [3.8, 4) is 11.6 Å². The Hall–Kier alpha value is -1.81. The van der Waals surface area contributed by atoms with E-state index >= 15 is 0 Å². The molecule has 0 aliphatic carbocycles. The number of halogens is 1. The summed E-state index contributed by atoms with van der Waals surface area (Å²) in [4.78, 5) is 0. The molecule has 1 aromatic heterocycles. The monoisotopic (exact) mass is 235 g/mol. The van der Waals surface area contributed by atoms with E-state index in [1.165, 1.54) is 0 Å². The fourth-order valence-corrected chi connectivity index (χ4v) is 1.34. The maximum Gasteiger partial charge on any atom is 0.239 e. The van der Waals surface area contributed by atoms with Crippen LogP contribution in [-0.4, -0.2) is 10.2 Å². The van der Waals surface area contributed by atoms with Gasteiger partial charge in [0, 0.05) is 6.07 Å². The van der Waals surface area contributed by atoms with Crippen LogP contribution in [0.1, 0.15) is 5.56 Å². The van der Waals surface area contributed by atoms with Crippen molar-refractivity contribution in [1.29, 1.82) is 0 Å². The summed E-state index contributed by atoms with van der Waals surface area (Å²) in [5.41, 5.74) is 6.48. The zero-order valence-corrected chi connectivity index (χ0v) is 9.40. The van der Waals surface area contributed by atoms with Crippen molar-refractivity contribution in [2.24, 2.45) is 0 Å². The Labute approximate surface area is 98.0 Å². The van der Waals surface area contributed by atoms with Crippen molar-refractivity contribution < 1.29 is 4.74 Å². The Morgan fingerprint density at radius 2 is 2.00 bits per heavy atom. The molecule has 2 N–H and O–H groups in total. The highest BCUT2D eigenvalue weighted by atomic mass is 35.5. The third kappa shape index (κ3) is 2.41. The summed E-state index contributed by atoms with van der Waals surface area (Å²) in [6.07, 6.45) is 0. The van der Waals surface area contributed by atoms with Gasteiger partial charge in [0.25, 0.3) is 0 Å². The van der Waals surface area contributed by atoms with Crippen LogP contribution in [0.15, 0.2) is 30.3 Å². The fourth-order valence-electron chi connectivity index (χ4n) is 1.19. The smallest absolute Gasteiger partial charge is 0.239 e. The van der Waals surface area contributed by atoms with Crippen molar-refractivity contribution in [3.63, 3.8) is 0 Å². The fraction of sp³-hybridized carbons (Fsp3) is 0.0909. The molecule has 82 valence electrons. The molecule has 4 nitrogen and oxygen atoms in total. The third-order valence-corrected chi connectivity index (χ3v) is 2.27. The van der Waals surface area contributed by atoms with Crippen LogP contribution < -0.4 is 10.5 Å². The van der Waals surface area contributed by atoms with Gasteiger partial charge in [-0.3, -0.25) is 0 Å². The van der Waals surface area contributed by atoms with Crippen LogP contribution in [0.3, 0.4) is 0 Å². The van der Waals surface area contributed by atoms with Crippen LogP contribution >= 0.6 is 11.6 Å². The molecule has 0 fully saturated rings. The normalized spacial score (nSPS) is 10.1. The number of ether oxygens (including phenoxy) is 1. The van der Waals surface area contributed by atoms with Crippen LogP contribution in [0.25, 0.3) is 0 Å². The molecule has 0 radical (unpaired) electrons. The number of hydrogen-bond donors (Lipinski definition) is 1. The number of rotatable bonds is 2. The summed E-state index contributed by atoms with van der Waals surface area (Å²) in [5, 5.41) is 8.01. The molecule has 1 aromatic carbocycles. The van der Waals surface area contributed by atoms with Crippen molar-refractivity contribution in [3.05, 3.63) is 40.9 Å². The van der Waals surface area contributed by atoms with Gasteiger partial charge in [0.15, 0.2) is 0 Å². The first-order chi connectivity index (χ1) is 7.65. The Bertz CT molecular complexity index is 499. The summed E-state index contributed by atoms with van der Waals surface area (Å²) in [6.45, 7) is 1.96. The minimum Gasteiger partial charge on any atom is -0.436 e. The van der Waals surface area contributed by atoms with E-state index in [-0.39, 0.29) is 0 Å². The minimum atomic E-state index is 0.350. The topological polar surface area (TPSA) is 61.0 Å². The lowest BCUT2D eigenvalue weighted by molar-refractivity contribution is 0.455. The van der Waals surface area contributed by atoms with Gasteiger partial charge in [-0.05, 0) is 30.7 Å². The highest BCUT2D eigenvalue weighted by Crippen LogP contribution is 2.28. The summed E-state index contributed by atoms with van der Waals surface area (Å²) in [5.74, 6) is 1.27. The van der Waals surface area contributed by atoms with E-state index in [1.807, 2.05) is 19.1 Å². The first kappa shape index (κ1) is 10.7. The average molecular weight is 236 g/mol. The van der Waals surface area contributed by atoms with Gasteiger partial charge in [-0.2, -0.15) is 0 Å². The summed E-state index contributed by atoms with van der Waals surface area (Å²) in [7, 11) is 0. The molecule has 0 bridgehead atoms. The molecule has 2 rings (SSSR count). The summed E-state index contributed by atoms with van der Waals surface area (Å²) >= 11 is 5.98. The predicted octanol–water partition coefficient (Wildman–Crippen LogP) is 2.81. The van der Waals surface area contributed by atoms with Gasteiger partial charge < -0.3 is 10.5 Å². The summed E-state index contributed by atoms with van der Waals surface area (Å²) < 4.78 is 5.48. The Kier molecular flexibility index (Phi) is 2.92. The van der Waals surface area contributed by atoms with E-state index in [2.05, 4.69) is 10.2 Å². The van der Waals surface area contributed by atoms with Crippen LogP contribution in [0.4, 0.5) is 5.82 Å². The van der Waals surface area contributed by atoms with Gasteiger partial charge in [0.05, 0.1) is 5.02 Å². The van der Waals surface area contributed by atoms with Gasteiger partial charge in [-0.25, -0.2) is 0 Å². The standard InChI is InChI=1S/C11H10ClN3O/c1-7-2-3-8(12)9(6-7)16-11-5-4-10(13)14-15-11/h2-6H,1H3,(H2,13,14). The predicted molar refractivity (Wildman–Crippen MR) is 62.7 cm³/mol. The van der Waals surface area contributed by atoms with Crippen molar-refractivity contribution in [1.82, 2.24) is 10.2 Å². The molecular weight excluding hydrogens is 226 g/mol. The maximum absolute atomic E-state index is 5.98. The number of nitrogens with two attached hydrogens (primary N) is 1. The second-order valence-electron chi connectivity index (χ2n) is 3.33. The van der Waals surface area contributed by atoms with Crippen LogP contribution in [0.5, 0.6) is 11.6 Å². The molecule has 0 aliphatic heterocycles. The van der Waals surface area contributed by atoms with Gasteiger partial charge in [-0.15, -0.1) is 10.2 Å². The second-order valence-corrected chi connectivity index (χ2v) is 3.74. The zero-order chi connectivity index (χ0) is 11.5. The van der Waals surface area contributed by atoms with E-state index in [1.54, 1.807) is 18.2 Å². The van der Waals surface area contributed by atoms with E-state index in [0.29, 0.717) is 22.5 Å². The first-order valence-electron chi connectivity index (χ1n) is 4.68. The molecule has 0 aliphatic rings. The van der Waals surface area contributed by atoms with E-state index in [0.717, 1.165) is 5.56 Å². The molecule has 0 atom stereocenters. The number of nitrogen functional groups attached to an aromatic ring is 1. The third-order valence-electron chi connectivity index (χ3n) is 1.96. The molecule has 0 unspecified atom stereocenters. The number of nitrogens with zero attached hydrogens (tertiary/aromatic N) is 2. The molecule has 0 saturated heterocycles. The second kappa shape index (κ2) is 4.37. The maximum atomic E-state index is 5.98. The van der Waals surface area contributed by atoms with Crippen LogP contribution in [0.2, 0.25) is 5.02 Å². The largest absolute Gasteiger partial charge is 0.436 e. The molecule has 0 amide bonds. The Balaban J connectivity index is 2.26. The van der Waals surface area contributed by atoms with Gasteiger partial charge >= 0.3 is 0 Å². The molecular formula is C11H10ClN3O. The number of aryl methyl sites for hydroxylation is 1. The first-order valence-corrected chi connectivity index (χ1v) is 5.06. The lowest BCUT2D eigenvalue weighted by Gasteiger charge is -2.06. The average Bonchev–Trinajstić information content (AvgIpc) is 2.27. The molecule has 5 heteroatoms. The number of anilines is 1. The van der Waals surface area contributed by atoms with Crippen LogP contribution in [0, 0.1) is 6.92 Å². The summed E-state index contributed by atoms with van der Waals surface area (Å²) in [6, 6.07) is 8.77. The molecule has 0 spiro atoms. The lowest BCUT2D eigenvalue weighted by atomic mass is 10.2. The van der Waals surface area contributed by atoms with Gasteiger partial charge in [-0.1, -0.05) is 17.7 Å². The van der Waals surface area contributed by atoms with E-state index in [4.69, 9.17) is 22.1 Å². The van der Waals surface area contributed by atoms with E-state index < -0.39 is 0 Å². The van der Waals surface area contributed by atoms with Gasteiger partial charge in [0.1, 0.15) is 11.6 Å². The van der Waals surface area contributed by atoms with Crippen LogP contribution in [-0.2, 0) is 0 Å². The lowest BCUT2D eigenvalue weighted by Crippen LogP contribution is -1.95. The Morgan fingerprint density at radius 1 is 1.19 bits per heavy atom. The number of aromatic nitrogens is 2. The van der Waals surface area contributed by atoms with Crippen molar-refractivity contribution in [2.75, 3.05) is 5.73 Å². The number of hydrogen-bond acceptors (Lipinski definition) is 4. The molecule has 2 aromatic rings. The molecule has 16 heavy (non-hydrogen) atoms. The molecule has 1 heterocycles. The van der Waals surface area contributed by atoms with E-state index in [9.17, 15) is 0 Å². The highest BCUT2D eigenvalue weighted by Gasteiger charge is 2.04. The molecule has 0 saturated carbocycles. The van der Waals surface area contributed by atoms with Crippen molar-refractivity contribution >= 4 is 17.4 Å². The SMILES string of the molecule is Cc1ccc(Cl)c(Oc2ccc(N)nn2)c1. The quantitative estimate of drug-likeness (QED) is 0.870. The zero-order valence-electron chi connectivity index (χ0n) is 8.64. The highest BCUT2D eigenvalue weighted by molar-refractivity contribution is 6.32. The van der Waals surface area contributed by atoms with Crippen molar-refractivity contribution in [2.45, 2.75) is 6.92 Å². The Morgan fingerprint density at radius 3 is 2.69 bits per heavy atom. The van der Waals surface area contributed by atoms with Gasteiger partial charge in [0.2, 0.25) is 5.88 Å².